The minimum atomic E-state index is -1.03. The topological polar surface area (TPSA) is 101 Å². The van der Waals surface area contributed by atoms with Crippen molar-refractivity contribution in [2.24, 2.45) is 5.41 Å². The van der Waals surface area contributed by atoms with Crippen molar-refractivity contribution in [2.45, 2.75) is 12.8 Å². The van der Waals surface area contributed by atoms with Crippen LogP contribution in [0.2, 0.25) is 5.15 Å². The summed E-state index contributed by atoms with van der Waals surface area (Å²) in [6.07, 6.45) is 2.34. The van der Waals surface area contributed by atoms with Crippen LogP contribution in [0.4, 0.5) is 10.5 Å². The van der Waals surface area contributed by atoms with Gasteiger partial charge in [0.2, 0.25) is 5.91 Å². The molecular formula is C19H19Cl2N3O4. The van der Waals surface area contributed by atoms with Crippen LogP contribution >= 0.6 is 23.2 Å². The maximum atomic E-state index is 11.3. The molecule has 9 heteroatoms. The number of carbonyl (C=O) groups is 2. The Morgan fingerprint density at radius 2 is 1.96 bits per heavy atom. The molecule has 0 aliphatic heterocycles. The zero-order valence-electron chi connectivity index (χ0n) is 14.9. The zero-order valence-corrected chi connectivity index (χ0v) is 16.4. The van der Waals surface area contributed by atoms with Gasteiger partial charge in [0.25, 0.3) is 0 Å². The summed E-state index contributed by atoms with van der Waals surface area (Å²) in [7, 11) is 0. The Bertz CT molecular complexity index is 870. The molecule has 1 saturated carbocycles. The number of hydrogen-bond acceptors (Lipinski definition) is 4. The van der Waals surface area contributed by atoms with Crippen LogP contribution in [0.5, 0.6) is 5.75 Å². The molecule has 0 spiro atoms. The summed E-state index contributed by atoms with van der Waals surface area (Å²) in [5.74, 6) is 0.164. The maximum Gasteiger partial charge on any atom is 0.404 e. The Balaban J connectivity index is 1.68. The van der Waals surface area contributed by atoms with Crippen LogP contribution in [-0.2, 0) is 4.79 Å². The molecule has 1 aromatic heterocycles. The Hall–Kier alpha value is -2.51. The number of rotatable bonds is 8. The predicted molar refractivity (Wildman–Crippen MR) is 107 cm³/mol. The lowest BCUT2D eigenvalue weighted by Gasteiger charge is -2.16. The average Bonchev–Trinajstić information content (AvgIpc) is 3.47. The third-order valence-corrected chi connectivity index (χ3v) is 5.08. The first-order valence-corrected chi connectivity index (χ1v) is 9.53. The highest BCUT2D eigenvalue weighted by atomic mass is 35.5. The number of nitrogens with one attached hydrogen (secondary N) is 2. The summed E-state index contributed by atoms with van der Waals surface area (Å²) in [6, 6.07) is 8.93. The quantitative estimate of drug-likeness (QED) is 0.439. The Labute approximate surface area is 172 Å². The number of anilines is 1. The highest BCUT2D eigenvalue weighted by Crippen LogP contribution is 2.45. The molecule has 1 aliphatic rings. The standard InChI is InChI=1S/C19H19Cl2N3O4/c20-8-16(25)24-13-3-1-12(2-4-13)15-7-14(9-22-17(15)21)28-11-19(5-6-19)10-23-18(26)27/h1-4,7,9,23H,5-6,8,10-11H2,(H,24,25)(H,26,27). The van der Waals surface area contributed by atoms with E-state index in [1.54, 1.807) is 24.4 Å². The maximum absolute atomic E-state index is 11.3. The molecule has 28 heavy (non-hydrogen) atoms. The molecule has 7 nitrogen and oxygen atoms in total. The highest BCUT2D eigenvalue weighted by molar-refractivity contribution is 6.32. The summed E-state index contributed by atoms with van der Waals surface area (Å²) in [4.78, 5) is 26.2. The molecule has 0 saturated heterocycles. The fourth-order valence-corrected chi connectivity index (χ4v) is 2.97. The summed E-state index contributed by atoms with van der Waals surface area (Å²) >= 11 is 11.7. The SMILES string of the molecule is O=C(O)NCC1(COc2cnc(Cl)c(-c3ccc(NC(=O)CCl)cc3)c2)CC1. The van der Waals surface area contributed by atoms with E-state index in [-0.39, 0.29) is 17.2 Å². The fourth-order valence-electron chi connectivity index (χ4n) is 2.69. The van der Waals surface area contributed by atoms with Gasteiger partial charge in [-0.15, -0.1) is 11.6 Å². The number of ether oxygens (including phenoxy) is 1. The van der Waals surface area contributed by atoms with Gasteiger partial charge in [-0.1, -0.05) is 23.7 Å². The van der Waals surface area contributed by atoms with Crippen LogP contribution in [0.25, 0.3) is 11.1 Å². The third kappa shape index (κ3) is 5.27. The van der Waals surface area contributed by atoms with E-state index < -0.39 is 6.09 Å². The first-order chi connectivity index (χ1) is 13.4. The molecule has 3 N–H and O–H groups in total. The first kappa shape index (κ1) is 20.2. The number of amides is 2. The van der Waals surface area contributed by atoms with Gasteiger partial charge in [-0.25, -0.2) is 9.78 Å². The normalized spacial score (nSPS) is 14.2. The minimum absolute atomic E-state index is 0.111. The van der Waals surface area contributed by atoms with Gasteiger partial charge < -0.3 is 20.5 Å². The molecule has 2 amide bonds. The van der Waals surface area contributed by atoms with Crippen molar-refractivity contribution < 1.29 is 19.4 Å². The third-order valence-electron chi connectivity index (χ3n) is 4.53. The van der Waals surface area contributed by atoms with Gasteiger partial charge in [0.15, 0.2) is 0 Å². The number of hydrogen-bond donors (Lipinski definition) is 3. The summed E-state index contributed by atoms with van der Waals surface area (Å²) < 4.78 is 5.85. The second kappa shape index (κ2) is 8.67. The number of aromatic nitrogens is 1. The van der Waals surface area contributed by atoms with Crippen LogP contribution in [0.15, 0.2) is 36.5 Å². The van der Waals surface area contributed by atoms with Crippen LogP contribution in [0.1, 0.15) is 12.8 Å². The van der Waals surface area contributed by atoms with E-state index in [0.29, 0.717) is 35.3 Å². The monoisotopic (exact) mass is 423 g/mol. The molecule has 0 radical (unpaired) electrons. The van der Waals surface area contributed by atoms with Gasteiger partial charge in [0.05, 0.1) is 12.8 Å². The van der Waals surface area contributed by atoms with Gasteiger partial charge in [0.1, 0.15) is 16.8 Å². The molecule has 1 aromatic carbocycles. The molecule has 2 aromatic rings. The smallest absolute Gasteiger partial charge is 0.404 e. The zero-order chi connectivity index (χ0) is 20.1. The first-order valence-electron chi connectivity index (χ1n) is 8.62. The van der Waals surface area contributed by atoms with Crippen LogP contribution in [0, 0.1) is 5.41 Å². The average molecular weight is 424 g/mol. The predicted octanol–water partition coefficient (Wildman–Crippen LogP) is 4.01. The number of nitrogens with zero attached hydrogens (tertiary/aromatic N) is 1. The Morgan fingerprint density at radius 3 is 2.57 bits per heavy atom. The molecule has 0 unspecified atom stereocenters. The van der Waals surface area contributed by atoms with Gasteiger partial charge in [0, 0.05) is 23.2 Å². The Morgan fingerprint density at radius 1 is 1.25 bits per heavy atom. The van der Waals surface area contributed by atoms with Crippen molar-refractivity contribution in [2.75, 3.05) is 24.3 Å². The van der Waals surface area contributed by atoms with E-state index in [4.69, 9.17) is 33.0 Å². The summed E-state index contributed by atoms with van der Waals surface area (Å²) in [6.45, 7) is 0.769. The fraction of sp³-hybridized carbons (Fsp3) is 0.316. The molecule has 148 valence electrons. The van der Waals surface area contributed by atoms with Crippen molar-refractivity contribution in [3.63, 3.8) is 0 Å². The molecule has 1 aliphatic carbocycles. The van der Waals surface area contributed by atoms with E-state index in [2.05, 4.69) is 15.6 Å². The molecule has 1 heterocycles. The van der Waals surface area contributed by atoms with Crippen molar-refractivity contribution in [1.82, 2.24) is 10.3 Å². The van der Waals surface area contributed by atoms with Crippen molar-refractivity contribution in [3.05, 3.63) is 41.7 Å². The van der Waals surface area contributed by atoms with Crippen LogP contribution in [-0.4, -0.2) is 41.1 Å². The lowest BCUT2D eigenvalue weighted by atomic mass is 10.1. The van der Waals surface area contributed by atoms with Crippen molar-refractivity contribution in [1.29, 1.82) is 0 Å². The number of pyridine rings is 1. The van der Waals surface area contributed by atoms with Crippen molar-refractivity contribution >= 4 is 40.9 Å². The second-order valence-electron chi connectivity index (χ2n) is 6.72. The van der Waals surface area contributed by atoms with Gasteiger partial charge in [-0.05, 0) is 36.6 Å². The van der Waals surface area contributed by atoms with Crippen LogP contribution < -0.4 is 15.4 Å². The molecule has 0 atom stereocenters. The molecule has 3 rings (SSSR count). The number of alkyl halides is 1. The van der Waals surface area contributed by atoms with E-state index in [0.717, 1.165) is 18.4 Å². The largest absolute Gasteiger partial charge is 0.491 e. The van der Waals surface area contributed by atoms with E-state index in [1.807, 2.05) is 12.1 Å². The van der Waals surface area contributed by atoms with E-state index in [1.165, 1.54) is 0 Å². The number of carboxylic acid groups (broad SMARTS) is 1. The number of benzene rings is 1. The van der Waals surface area contributed by atoms with E-state index in [9.17, 15) is 9.59 Å². The molecule has 0 bridgehead atoms. The lowest BCUT2D eigenvalue weighted by Crippen LogP contribution is -2.31. The highest BCUT2D eigenvalue weighted by Gasteiger charge is 2.43. The number of carbonyl (C=O) groups excluding carboxylic acids is 1. The number of halogens is 2. The molecular weight excluding hydrogens is 405 g/mol. The van der Waals surface area contributed by atoms with Gasteiger partial charge >= 0.3 is 6.09 Å². The Kier molecular flexibility index (Phi) is 6.26. The van der Waals surface area contributed by atoms with Gasteiger partial charge in [-0.2, -0.15) is 0 Å². The molecule has 1 fully saturated rings. The summed E-state index contributed by atoms with van der Waals surface area (Å²) in [5, 5.41) is 14.2. The lowest BCUT2D eigenvalue weighted by molar-refractivity contribution is -0.113. The van der Waals surface area contributed by atoms with Gasteiger partial charge in [-0.3, -0.25) is 4.79 Å². The van der Waals surface area contributed by atoms with E-state index >= 15 is 0 Å². The van der Waals surface area contributed by atoms with Crippen LogP contribution in [0.3, 0.4) is 0 Å². The summed E-state index contributed by atoms with van der Waals surface area (Å²) in [5.41, 5.74) is 2.00. The minimum Gasteiger partial charge on any atom is -0.491 e. The second-order valence-corrected chi connectivity index (χ2v) is 7.34. The van der Waals surface area contributed by atoms with Crippen molar-refractivity contribution in [3.8, 4) is 16.9 Å².